The quantitative estimate of drug-likeness (QED) is 0.417. The molecular weight excluding hydrogens is 469 g/mol. The summed E-state index contributed by atoms with van der Waals surface area (Å²) >= 11 is 12.0. The third kappa shape index (κ3) is 5.72. The number of nitrogens with one attached hydrogen (secondary N) is 1. The highest BCUT2D eigenvalue weighted by molar-refractivity contribution is 6.33. The van der Waals surface area contributed by atoms with Crippen molar-refractivity contribution in [2.45, 2.75) is 50.7 Å². The van der Waals surface area contributed by atoms with E-state index in [-0.39, 0.29) is 35.5 Å². The first kappa shape index (κ1) is 23.9. The molecule has 0 spiro atoms. The molecule has 1 fully saturated rings. The van der Waals surface area contributed by atoms with Crippen LogP contribution in [0.2, 0.25) is 10.3 Å². The van der Waals surface area contributed by atoms with Crippen molar-refractivity contribution in [3.8, 4) is 0 Å². The van der Waals surface area contributed by atoms with Crippen LogP contribution in [0.1, 0.15) is 36.5 Å². The van der Waals surface area contributed by atoms with Gasteiger partial charge in [-0.15, -0.1) is 0 Å². The van der Waals surface area contributed by atoms with E-state index in [2.05, 4.69) is 15.3 Å². The van der Waals surface area contributed by atoms with Gasteiger partial charge in [0.2, 0.25) is 5.28 Å². The minimum Gasteiger partial charge on any atom is -0.351 e. The number of hydrogen-bond acceptors (Lipinski definition) is 4. The second kappa shape index (κ2) is 8.99. The lowest BCUT2D eigenvalue weighted by molar-refractivity contribution is -0.143. The van der Waals surface area contributed by atoms with E-state index in [0.717, 1.165) is 18.6 Å². The Balaban J connectivity index is 1.78. The van der Waals surface area contributed by atoms with Crippen molar-refractivity contribution >= 4 is 29.0 Å². The Kier molecular flexibility index (Phi) is 6.93. The molecule has 0 radical (unpaired) electrons. The van der Waals surface area contributed by atoms with Gasteiger partial charge in [-0.3, -0.25) is 0 Å². The third-order valence-electron chi connectivity index (χ3n) is 5.10. The van der Waals surface area contributed by atoms with Gasteiger partial charge in [-0.25, -0.2) is 4.98 Å². The molecule has 2 heterocycles. The van der Waals surface area contributed by atoms with Crippen LogP contribution in [0, 0.1) is 0 Å². The number of alkyl halides is 6. The van der Waals surface area contributed by atoms with Crippen molar-refractivity contribution in [3.63, 3.8) is 0 Å². The topological polar surface area (TPSA) is 41.0 Å². The first-order valence-corrected chi connectivity index (χ1v) is 10.1. The van der Waals surface area contributed by atoms with Crippen molar-refractivity contribution in [1.82, 2.24) is 15.3 Å². The summed E-state index contributed by atoms with van der Waals surface area (Å²) in [7, 11) is 0. The average molecular weight is 487 g/mol. The first-order chi connectivity index (χ1) is 14.4. The number of aromatic nitrogens is 2. The average Bonchev–Trinajstić information content (AvgIpc) is 3.10. The highest BCUT2D eigenvalue weighted by Gasteiger charge is 2.37. The van der Waals surface area contributed by atoms with Crippen molar-refractivity contribution in [3.05, 3.63) is 51.4 Å². The van der Waals surface area contributed by atoms with Crippen molar-refractivity contribution in [2.24, 2.45) is 0 Å². The van der Waals surface area contributed by atoms with E-state index in [9.17, 15) is 26.3 Å². The smallest absolute Gasteiger partial charge is 0.351 e. The maximum absolute atomic E-state index is 13.1. The molecule has 1 saturated heterocycles. The molecule has 3 rings (SSSR count). The zero-order valence-corrected chi connectivity index (χ0v) is 17.7. The molecule has 170 valence electrons. The molecule has 0 aliphatic carbocycles. The van der Waals surface area contributed by atoms with Gasteiger partial charge >= 0.3 is 12.4 Å². The van der Waals surface area contributed by atoms with E-state index in [1.165, 1.54) is 6.20 Å². The lowest BCUT2D eigenvalue weighted by atomic mass is 10.0. The highest BCUT2D eigenvalue weighted by Crippen LogP contribution is 2.37. The van der Waals surface area contributed by atoms with Crippen LogP contribution in [0.15, 0.2) is 24.4 Å². The summed E-state index contributed by atoms with van der Waals surface area (Å²) in [4.78, 5) is 9.88. The van der Waals surface area contributed by atoms with Crippen LogP contribution in [0.3, 0.4) is 0 Å². The van der Waals surface area contributed by atoms with E-state index in [1.54, 1.807) is 0 Å². The second-order valence-corrected chi connectivity index (χ2v) is 8.00. The Hall–Kier alpha value is -1.78. The minimum absolute atomic E-state index is 0.0215. The fourth-order valence-electron chi connectivity index (χ4n) is 3.63. The van der Waals surface area contributed by atoms with Crippen LogP contribution < -0.4 is 10.2 Å². The summed E-state index contributed by atoms with van der Waals surface area (Å²) in [5, 5.41) is 3.38. The number of anilines is 1. The van der Waals surface area contributed by atoms with Gasteiger partial charge in [0.15, 0.2) is 5.82 Å². The van der Waals surface area contributed by atoms with Crippen LogP contribution >= 0.6 is 23.2 Å². The maximum Gasteiger partial charge on any atom is 0.416 e. The Bertz CT molecular complexity index is 902. The molecule has 1 aromatic heterocycles. The molecule has 1 N–H and O–H groups in total. The lowest BCUT2D eigenvalue weighted by Crippen LogP contribution is -2.33. The normalized spacial score (nSPS) is 19.8. The number of halogens is 8. The molecule has 0 amide bonds. The predicted molar refractivity (Wildman–Crippen MR) is 105 cm³/mol. The Labute approximate surface area is 184 Å². The molecule has 12 heteroatoms. The van der Waals surface area contributed by atoms with Gasteiger partial charge in [-0.05, 0) is 48.2 Å². The molecule has 31 heavy (non-hydrogen) atoms. The molecule has 1 aliphatic rings. The SMILES string of the molecule is CCC1CC(NCc2cc(C(F)(F)F)cc(C(F)(F)F)c2)CN1c1nc(Cl)ncc1Cl. The van der Waals surface area contributed by atoms with Gasteiger partial charge in [0.25, 0.3) is 0 Å². The van der Waals surface area contributed by atoms with Gasteiger partial charge in [0, 0.05) is 25.2 Å². The van der Waals surface area contributed by atoms with Crippen molar-refractivity contribution < 1.29 is 26.3 Å². The highest BCUT2D eigenvalue weighted by atomic mass is 35.5. The molecule has 1 aliphatic heterocycles. The lowest BCUT2D eigenvalue weighted by Gasteiger charge is -2.25. The van der Waals surface area contributed by atoms with Crippen LogP contribution in [0.5, 0.6) is 0 Å². The van der Waals surface area contributed by atoms with Crippen molar-refractivity contribution in [1.29, 1.82) is 0 Å². The summed E-state index contributed by atoms with van der Waals surface area (Å²) in [6.07, 6.45) is -7.04. The molecule has 0 bridgehead atoms. The Morgan fingerprint density at radius 2 is 1.68 bits per heavy atom. The van der Waals surface area contributed by atoms with Crippen LogP contribution in [-0.4, -0.2) is 28.6 Å². The standard InChI is InChI=1S/C19H18Cl2F6N4/c1-2-14-6-13(9-31(14)16-15(20)8-29-17(21)30-16)28-7-10-3-11(18(22,23)24)5-12(4-10)19(25,26)27/h3-5,8,13-14,28H,2,6-7,9H2,1H3. The summed E-state index contributed by atoms with van der Waals surface area (Å²) in [6, 6.07) is 1.40. The first-order valence-electron chi connectivity index (χ1n) is 9.35. The molecular formula is C19H18Cl2F6N4. The van der Waals surface area contributed by atoms with Crippen LogP contribution in [0.25, 0.3) is 0 Å². The predicted octanol–water partition coefficient (Wildman–Crippen LogP) is 5.97. The monoisotopic (exact) mass is 486 g/mol. The molecule has 2 aromatic rings. The Morgan fingerprint density at radius 3 is 2.23 bits per heavy atom. The number of benzene rings is 1. The summed E-state index contributed by atoms with van der Waals surface area (Å²) in [6.45, 7) is 2.22. The zero-order valence-electron chi connectivity index (χ0n) is 16.2. The second-order valence-electron chi connectivity index (χ2n) is 7.25. The van der Waals surface area contributed by atoms with E-state index in [4.69, 9.17) is 23.2 Å². The van der Waals surface area contributed by atoms with Gasteiger partial charge in [0.1, 0.15) is 5.02 Å². The number of rotatable bonds is 5. The summed E-state index contributed by atoms with van der Waals surface area (Å²) < 4.78 is 78.3. The molecule has 2 atom stereocenters. The molecule has 2 unspecified atom stereocenters. The number of nitrogens with zero attached hydrogens (tertiary/aromatic N) is 3. The van der Waals surface area contributed by atoms with Gasteiger partial charge in [-0.1, -0.05) is 18.5 Å². The van der Waals surface area contributed by atoms with Gasteiger partial charge < -0.3 is 10.2 Å². The Morgan fingerprint density at radius 1 is 1.06 bits per heavy atom. The number of hydrogen-bond donors (Lipinski definition) is 1. The maximum atomic E-state index is 13.1. The molecule has 0 saturated carbocycles. The van der Waals surface area contributed by atoms with Crippen LogP contribution in [0.4, 0.5) is 32.2 Å². The van der Waals surface area contributed by atoms with E-state index in [0.29, 0.717) is 23.8 Å². The minimum atomic E-state index is -4.88. The summed E-state index contributed by atoms with van der Waals surface area (Å²) in [5.41, 5.74) is -2.77. The zero-order chi connectivity index (χ0) is 23.0. The largest absolute Gasteiger partial charge is 0.416 e. The van der Waals surface area contributed by atoms with Gasteiger partial charge in [0.05, 0.1) is 17.3 Å². The van der Waals surface area contributed by atoms with Crippen molar-refractivity contribution in [2.75, 3.05) is 11.4 Å². The van der Waals surface area contributed by atoms with E-state index < -0.39 is 23.5 Å². The molecule has 1 aromatic carbocycles. The van der Waals surface area contributed by atoms with E-state index >= 15 is 0 Å². The van der Waals surface area contributed by atoms with Crippen LogP contribution in [-0.2, 0) is 18.9 Å². The fourth-order valence-corrected chi connectivity index (χ4v) is 3.96. The van der Waals surface area contributed by atoms with Gasteiger partial charge in [-0.2, -0.15) is 31.3 Å². The fraction of sp³-hybridized carbons (Fsp3) is 0.474. The summed E-state index contributed by atoms with van der Waals surface area (Å²) in [5.74, 6) is 0.441. The third-order valence-corrected chi connectivity index (χ3v) is 5.54. The molecule has 4 nitrogen and oxygen atoms in total. The van der Waals surface area contributed by atoms with E-state index in [1.807, 2.05) is 11.8 Å².